The molecule has 1 aliphatic rings. The minimum absolute atomic E-state index is 0.0302. The number of carbonyl (C=O) groups is 1. The van der Waals surface area contributed by atoms with Gasteiger partial charge in [0.2, 0.25) is 5.91 Å². The molecule has 0 aliphatic carbocycles. The Labute approximate surface area is 237 Å². The number of nitrogens with zero attached hydrogens (tertiary/aromatic N) is 6. The number of hydrogen-bond donors (Lipinski definition) is 2. The molecule has 3 N–H and O–H groups in total. The summed E-state index contributed by atoms with van der Waals surface area (Å²) in [7, 11) is 0. The number of nitrogens with one attached hydrogen (secondary N) is 1. The Hall–Kier alpha value is -5.25. The first-order valence-electron chi connectivity index (χ1n) is 13.6. The predicted octanol–water partition coefficient (Wildman–Crippen LogP) is 5.09. The Balaban J connectivity index is 1.20. The van der Waals surface area contributed by atoms with E-state index in [0.29, 0.717) is 42.2 Å². The molecule has 10 nitrogen and oxygen atoms in total. The van der Waals surface area contributed by atoms with Gasteiger partial charge in [0.15, 0.2) is 5.65 Å². The minimum atomic E-state index is -0.0426. The van der Waals surface area contributed by atoms with E-state index in [9.17, 15) is 4.79 Å². The van der Waals surface area contributed by atoms with Crippen LogP contribution < -0.4 is 15.8 Å². The molecule has 1 amide bonds. The lowest BCUT2D eigenvalue weighted by Gasteiger charge is -2.32. The summed E-state index contributed by atoms with van der Waals surface area (Å²) in [6.45, 7) is 1.73. The summed E-state index contributed by atoms with van der Waals surface area (Å²) in [4.78, 5) is 27.9. The van der Waals surface area contributed by atoms with E-state index < -0.39 is 0 Å². The zero-order valence-corrected chi connectivity index (χ0v) is 22.4. The highest BCUT2D eigenvalue weighted by Gasteiger charge is 2.28. The van der Waals surface area contributed by atoms with Crippen LogP contribution in [0.1, 0.15) is 18.9 Å². The molecule has 6 rings (SSSR count). The number of piperidine rings is 1. The molecule has 41 heavy (non-hydrogen) atoms. The van der Waals surface area contributed by atoms with E-state index in [1.807, 2.05) is 88.5 Å². The smallest absolute Gasteiger partial charge is 0.246 e. The summed E-state index contributed by atoms with van der Waals surface area (Å²) >= 11 is 0. The number of anilines is 2. The van der Waals surface area contributed by atoms with Crippen LogP contribution in [-0.4, -0.2) is 55.2 Å². The van der Waals surface area contributed by atoms with Crippen LogP contribution in [0.5, 0.6) is 11.5 Å². The van der Waals surface area contributed by atoms with Crippen molar-refractivity contribution in [1.29, 1.82) is 0 Å². The lowest BCUT2D eigenvalue weighted by Crippen LogP contribution is -2.40. The SMILES string of the molecule is Nc1ncnc2c1c(-c1ccc(Oc3ccccc3)cc1)nn2C1CCCN(C(=O)C=CCNc2ccccn2)C1. The summed E-state index contributed by atoms with van der Waals surface area (Å²) in [5, 5.41) is 8.86. The van der Waals surface area contributed by atoms with E-state index in [2.05, 4.69) is 20.3 Å². The van der Waals surface area contributed by atoms with Gasteiger partial charge in [0.25, 0.3) is 0 Å². The highest BCUT2D eigenvalue weighted by atomic mass is 16.5. The molecule has 1 fully saturated rings. The van der Waals surface area contributed by atoms with Gasteiger partial charge in [-0.2, -0.15) is 5.10 Å². The highest BCUT2D eigenvalue weighted by Crippen LogP contribution is 2.34. The van der Waals surface area contributed by atoms with Crippen molar-refractivity contribution in [1.82, 2.24) is 29.6 Å². The van der Waals surface area contributed by atoms with Gasteiger partial charge < -0.3 is 20.7 Å². The average Bonchev–Trinajstić information content (AvgIpc) is 3.42. The Morgan fingerprint density at radius 3 is 2.61 bits per heavy atom. The third-order valence-corrected chi connectivity index (χ3v) is 7.01. The Morgan fingerprint density at radius 2 is 1.80 bits per heavy atom. The van der Waals surface area contributed by atoms with Crippen molar-refractivity contribution in [2.24, 2.45) is 0 Å². The first-order chi connectivity index (χ1) is 20.2. The average molecular weight is 547 g/mol. The van der Waals surface area contributed by atoms with Crippen molar-refractivity contribution in [3.8, 4) is 22.8 Å². The van der Waals surface area contributed by atoms with E-state index in [-0.39, 0.29) is 11.9 Å². The number of ether oxygens (including phenoxy) is 1. The van der Waals surface area contributed by atoms with Gasteiger partial charge in [0.05, 0.1) is 11.4 Å². The zero-order chi connectivity index (χ0) is 28.0. The van der Waals surface area contributed by atoms with Gasteiger partial charge in [-0.3, -0.25) is 4.79 Å². The van der Waals surface area contributed by atoms with Gasteiger partial charge in [-0.25, -0.2) is 19.6 Å². The van der Waals surface area contributed by atoms with Gasteiger partial charge in [-0.15, -0.1) is 0 Å². The first-order valence-corrected chi connectivity index (χ1v) is 13.6. The molecule has 10 heteroatoms. The number of carbonyl (C=O) groups excluding carboxylic acids is 1. The van der Waals surface area contributed by atoms with Crippen LogP contribution in [0.15, 0.2) is 97.5 Å². The molecule has 0 bridgehead atoms. The molecule has 3 aromatic heterocycles. The molecular formula is C31H30N8O2. The number of benzene rings is 2. The number of fused-ring (bicyclic) bond motifs is 1. The quantitative estimate of drug-likeness (QED) is 0.258. The van der Waals surface area contributed by atoms with Crippen molar-refractivity contribution >= 4 is 28.6 Å². The van der Waals surface area contributed by atoms with Gasteiger partial charge in [0, 0.05) is 37.5 Å². The third-order valence-electron chi connectivity index (χ3n) is 7.01. The Kier molecular flexibility index (Phi) is 7.53. The number of aromatic nitrogens is 5. The zero-order valence-electron chi connectivity index (χ0n) is 22.4. The second-order valence-corrected chi connectivity index (χ2v) is 9.77. The number of nitrogens with two attached hydrogens (primary N) is 1. The largest absolute Gasteiger partial charge is 0.457 e. The van der Waals surface area contributed by atoms with Gasteiger partial charge in [0.1, 0.15) is 35.2 Å². The molecule has 0 spiro atoms. The monoisotopic (exact) mass is 546 g/mol. The maximum absolute atomic E-state index is 13.0. The molecule has 1 atom stereocenters. The fraction of sp³-hybridized carbons (Fsp3) is 0.194. The fourth-order valence-electron chi connectivity index (χ4n) is 5.01. The molecule has 1 saturated heterocycles. The molecule has 206 valence electrons. The molecule has 4 heterocycles. The fourth-order valence-corrected chi connectivity index (χ4v) is 5.01. The Bertz CT molecular complexity index is 1650. The van der Waals surface area contributed by atoms with Crippen molar-refractivity contribution in [3.05, 3.63) is 97.5 Å². The highest BCUT2D eigenvalue weighted by molar-refractivity contribution is 5.98. The number of hydrogen-bond acceptors (Lipinski definition) is 8. The normalized spacial score (nSPS) is 15.3. The van der Waals surface area contributed by atoms with Crippen LogP contribution in [0.25, 0.3) is 22.3 Å². The summed E-state index contributed by atoms with van der Waals surface area (Å²) in [6.07, 6.45) is 8.35. The number of amides is 1. The van der Waals surface area contributed by atoms with Gasteiger partial charge in [-0.1, -0.05) is 30.3 Å². The Morgan fingerprint density at radius 1 is 1.00 bits per heavy atom. The second-order valence-electron chi connectivity index (χ2n) is 9.77. The van der Waals surface area contributed by atoms with Gasteiger partial charge >= 0.3 is 0 Å². The number of rotatable bonds is 8. The van der Waals surface area contributed by atoms with Crippen LogP contribution in [0.4, 0.5) is 11.6 Å². The van der Waals surface area contributed by atoms with E-state index in [0.717, 1.165) is 35.7 Å². The number of para-hydroxylation sites is 1. The van der Waals surface area contributed by atoms with Crippen LogP contribution in [0.3, 0.4) is 0 Å². The molecule has 1 unspecified atom stereocenters. The molecule has 5 aromatic rings. The minimum Gasteiger partial charge on any atom is -0.457 e. The topological polar surface area (TPSA) is 124 Å². The van der Waals surface area contributed by atoms with Crippen molar-refractivity contribution in [2.45, 2.75) is 18.9 Å². The summed E-state index contributed by atoms with van der Waals surface area (Å²) < 4.78 is 7.85. The molecule has 0 saturated carbocycles. The summed E-state index contributed by atoms with van der Waals surface area (Å²) in [6, 6.07) is 23.0. The first kappa shape index (κ1) is 26.0. The van der Waals surface area contributed by atoms with Gasteiger partial charge in [-0.05, 0) is 61.4 Å². The van der Waals surface area contributed by atoms with E-state index >= 15 is 0 Å². The standard InChI is InChI=1S/C31H30N8O2/c32-30-28-29(22-13-15-25(16-14-22)41-24-9-2-1-3-10-24)37-39(31(28)36-21-35-30)23-8-7-19-38(20-23)27(40)12-6-18-34-26-11-4-5-17-33-26/h1-6,9-17,21,23H,7-8,18-20H2,(H,33,34)(H2,32,35,36). The van der Waals surface area contributed by atoms with E-state index in [1.54, 1.807) is 12.3 Å². The summed E-state index contributed by atoms with van der Waals surface area (Å²) in [5.41, 5.74) is 8.58. The lowest BCUT2D eigenvalue weighted by molar-refractivity contribution is -0.127. The molecular weight excluding hydrogens is 516 g/mol. The lowest BCUT2D eigenvalue weighted by atomic mass is 10.1. The van der Waals surface area contributed by atoms with Crippen molar-refractivity contribution in [2.75, 3.05) is 30.7 Å². The number of likely N-dealkylation sites (tertiary alicyclic amines) is 1. The molecule has 1 aliphatic heterocycles. The maximum atomic E-state index is 13.0. The van der Waals surface area contributed by atoms with E-state index in [1.165, 1.54) is 6.33 Å². The summed E-state index contributed by atoms with van der Waals surface area (Å²) in [5.74, 6) is 2.59. The molecule has 2 aromatic carbocycles. The second kappa shape index (κ2) is 11.9. The van der Waals surface area contributed by atoms with Crippen LogP contribution in [0, 0.1) is 0 Å². The van der Waals surface area contributed by atoms with Crippen LogP contribution >= 0.6 is 0 Å². The van der Waals surface area contributed by atoms with E-state index in [4.69, 9.17) is 15.6 Å². The van der Waals surface area contributed by atoms with Crippen LogP contribution in [0.2, 0.25) is 0 Å². The van der Waals surface area contributed by atoms with Crippen molar-refractivity contribution in [3.63, 3.8) is 0 Å². The third kappa shape index (κ3) is 5.86. The van der Waals surface area contributed by atoms with Crippen LogP contribution in [-0.2, 0) is 4.79 Å². The predicted molar refractivity (Wildman–Crippen MR) is 158 cm³/mol. The molecule has 0 radical (unpaired) electrons. The van der Waals surface area contributed by atoms with Crippen molar-refractivity contribution < 1.29 is 9.53 Å². The number of nitrogen functional groups attached to an aromatic ring is 1. The maximum Gasteiger partial charge on any atom is 0.246 e. The number of pyridine rings is 1.